The highest BCUT2D eigenvalue weighted by atomic mass is 35.5. The van der Waals surface area contributed by atoms with Crippen molar-refractivity contribution < 1.29 is 181 Å². The van der Waals surface area contributed by atoms with Crippen LogP contribution in [0.2, 0.25) is 5.02 Å². The molecular weight excluding hydrogens is 1550 g/mol. The van der Waals surface area contributed by atoms with Gasteiger partial charge in [-0.2, -0.15) is 0 Å². The summed E-state index contributed by atoms with van der Waals surface area (Å²) in [5, 5.41) is 22.1. The molecule has 1 unspecified atom stereocenters. The van der Waals surface area contributed by atoms with E-state index in [4.69, 9.17) is 166 Å². The van der Waals surface area contributed by atoms with Crippen LogP contribution in [0.1, 0.15) is 92.9 Å². The molecule has 0 aliphatic heterocycles. The Morgan fingerprint density at radius 3 is 1.02 bits per heavy atom. The van der Waals surface area contributed by atoms with Gasteiger partial charge in [-0.25, -0.2) is 0 Å². The van der Waals surface area contributed by atoms with Crippen LogP contribution in [0, 0.1) is 0 Å². The lowest BCUT2D eigenvalue weighted by molar-refractivity contribution is 0.145. The summed E-state index contributed by atoms with van der Waals surface area (Å²) in [6, 6.07) is 9.70. The monoisotopic (exact) mass is 1620 g/mol. The fraction of sp³-hybridized carbons (Fsp3) is 0.611. The van der Waals surface area contributed by atoms with E-state index in [-0.39, 0.29) is 16.8 Å². The molecule has 0 aliphatic carbocycles. The third-order valence-corrected chi connectivity index (χ3v) is 33.8. The van der Waals surface area contributed by atoms with E-state index in [0.717, 1.165) is 16.7 Å². The molecule has 0 radical (unpaired) electrons. The maximum absolute atomic E-state index is 11.0. The average molecular weight is 1630 g/mol. The van der Waals surface area contributed by atoms with Gasteiger partial charge >= 0.3 is 88.4 Å². The van der Waals surface area contributed by atoms with Crippen LogP contribution in [0.15, 0.2) is 47.2 Å². The number of hydrogen-bond acceptors (Lipinski definition) is 19. The molecule has 23 N–H and O–H groups in total. The molecule has 2 aromatic rings. The second kappa shape index (κ2) is 37.4. The summed E-state index contributed by atoms with van der Waals surface area (Å²) in [6.07, 6.45) is 1.81. The molecule has 90 heavy (non-hydrogen) atoms. The fourth-order valence-corrected chi connectivity index (χ4v) is 16.2. The van der Waals surface area contributed by atoms with Crippen molar-refractivity contribution in [3.8, 4) is 5.75 Å². The van der Waals surface area contributed by atoms with Crippen LogP contribution in [0.4, 0.5) is 0 Å². The topological polar surface area (TPSA) is 682 Å². The first-order valence-electron chi connectivity index (χ1n) is 23.3. The molecule has 0 aliphatic rings. The summed E-state index contributed by atoms with van der Waals surface area (Å²) in [7, 11) is -52.9. The van der Waals surface area contributed by atoms with E-state index in [1.165, 1.54) is 24.3 Å². The van der Waals surface area contributed by atoms with E-state index in [1.54, 1.807) is 0 Å². The Bertz CT molecular complexity index is 2840. The van der Waals surface area contributed by atoms with Crippen molar-refractivity contribution >= 4 is 146 Å². The van der Waals surface area contributed by atoms with Crippen molar-refractivity contribution in [1.82, 2.24) is 0 Å². The lowest BCUT2D eigenvalue weighted by Crippen LogP contribution is -2.23. The fourth-order valence-electron chi connectivity index (χ4n) is 4.52. The number of alkyl halides is 2. The van der Waals surface area contributed by atoms with Gasteiger partial charge in [0.05, 0.1) is 19.8 Å². The molecule has 0 aromatic heterocycles. The zero-order valence-corrected chi connectivity index (χ0v) is 62.6. The molecule has 0 fully saturated rings. The van der Waals surface area contributed by atoms with Gasteiger partial charge in [-0.3, -0.25) is 45.7 Å². The predicted octanol–water partition coefficient (Wildman–Crippen LogP) is 7.41. The van der Waals surface area contributed by atoms with Gasteiger partial charge in [0.2, 0.25) is 13.1 Å². The molecule has 0 saturated heterocycles. The van der Waals surface area contributed by atoms with Crippen LogP contribution < -0.4 is 0 Å². The lowest BCUT2D eigenvalue weighted by atomic mass is 9.78. The molecule has 54 heteroatoms. The molecule has 0 heterocycles. The number of phenolic OH excluding ortho intramolecular Hbond substituents is 1. The molecule has 0 amide bonds. The Labute approximate surface area is 537 Å². The number of phenols is 1. The first kappa shape index (κ1) is 97.3. The number of hydrogen-bond donors (Lipinski definition) is 23. The highest BCUT2D eigenvalue weighted by Gasteiger charge is 2.59. The summed E-state index contributed by atoms with van der Waals surface area (Å²) >= 11 is 15.5. The van der Waals surface area contributed by atoms with Gasteiger partial charge in [0.25, 0.3) is 16.1 Å². The number of halogens is 3. The van der Waals surface area contributed by atoms with Gasteiger partial charge in [0.1, 0.15) is 5.75 Å². The average Bonchev–Trinajstić information content (AvgIpc) is 0.911. The van der Waals surface area contributed by atoms with E-state index < -0.39 is 118 Å². The third-order valence-electron chi connectivity index (χ3n) is 9.10. The second-order valence-electron chi connectivity index (χ2n) is 19.3. The minimum absolute atomic E-state index is 0.234. The van der Waals surface area contributed by atoms with E-state index in [0.29, 0.717) is 61.1 Å². The van der Waals surface area contributed by atoms with Crippen molar-refractivity contribution in [3.05, 3.63) is 64.1 Å². The zero-order valence-electron chi connectivity index (χ0n) is 48.8. The van der Waals surface area contributed by atoms with Crippen molar-refractivity contribution in [2.45, 2.75) is 111 Å². The van der Waals surface area contributed by atoms with Crippen molar-refractivity contribution in [1.29, 1.82) is 0 Å². The Morgan fingerprint density at radius 1 is 0.522 bits per heavy atom. The van der Waals surface area contributed by atoms with Crippen molar-refractivity contribution in [2.75, 3.05) is 32.4 Å². The number of thioether (sulfide) groups is 1. The van der Waals surface area contributed by atoms with Crippen LogP contribution in [-0.4, -0.2) is 164 Å². The maximum Gasteiger partial charge on any atom is 0.399 e. The standard InChI is InChI=1S/C23H40O6P2.C7H9ClO6P2S.2C2H8O7P2.CH4Cl2O6P2.CH6O6P2/c1-11-25-30(10)28-20(29-31(26-12-2)27-13-3)16-17-14-18(22(4,5)6)21(24)19(15-17)23(7,8)9;8-5-1-3-6(4-2-5)17-7(15(9,10)11)16(12,13)14;2*1-2(3,10(4,5)6)11(7,8)9;2-1(3,10(4,5)6)11(7,8)9;2-8(3,4)1-9(5,6)7/h14-16,24H,11-13H2,1-10H3;1-4,7H,(H2,9,10,11)(H2,12,13,14);2*3H,1H3,(H2,4,5,6)(H2,7,8,9);(H2,4,5,6)(H2,7,8,9);1H2,(H2,2,3,4)(H2,5,6,7)/b20-16-;;;;;. The molecule has 2 aromatic carbocycles. The van der Waals surface area contributed by atoms with Crippen LogP contribution in [0.3, 0.4) is 0 Å². The molecule has 1 atom stereocenters. The Hall–Kier alpha value is 0.960. The van der Waals surface area contributed by atoms with Crippen LogP contribution in [0.25, 0.3) is 6.08 Å². The van der Waals surface area contributed by atoms with E-state index in [9.17, 15) is 50.8 Å². The zero-order chi connectivity index (χ0) is 73.3. The molecule has 0 bridgehead atoms. The molecule has 0 spiro atoms. The minimum Gasteiger partial charge on any atom is -0.507 e. The number of rotatable bonds is 23. The highest BCUT2D eigenvalue weighted by molar-refractivity contribution is 8.12. The van der Waals surface area contributed by atoms with Gasteiger partial charge in [-0.1, -0.05) is 88.1 Å². The first-order valence-corrected chi connectivity index (χ1v) is 44.7. The Balaban J connectivity index is -0.000000532. The smallest absolute Gasteiger partial charge is 0.399 e. The van der Waals surface area contributed by atoms with E-state index in [1.807, 2.05) is 45.6 Å². The number of benzene rings is 2. The normalized spacial score (nSPS) is 14.2. The Morgan fingerprint density at radius 2 is 0.822 bits per heavy atom. The van der Waals surface area contributed by atoms with Crippen molar-refractivity contribution in [2.24, 2.45) is 0 Å². The van der Waals surface area contributed by atoms with Gasteiger partial charge in [0, 0.05) is 33.8 Å². The second-order valence-corrected chi connectivity index (χ2v) is 46.4. The first-order chi connectivity index (χ1) is 39.1. The molecule has 38 nitrogen and oxygen atoms in total. The summed E-state index contributed by atoms with van der Waals surface area (Å²) in [5.41, 5.74) is 2.13. The minimum atomic E-state index is -5.22. The van der Waals surface area contributed by atoms with Gasteiger partial charge in [0.15, 0.2) is 5.90 Å². The summed E-state index contributed by atoms with van der Waals surface area (Å²) in [5.74, 6) is -0.765. The number of aromatic hydroxyl groups is 1. The van der Waals surface area contributed by atoms with Gasteiger partial charge in [-0.05, 0) is 87.4 Å². The number of aliphatic hydroxyl groups is 2. The van der Waals surface area contributed by atoms with Gasteiger partial charge < -0.3 is 136 Å². The van der Waals surface area contributed by atoms with Crippen LogP contribution in [0.5, 0.6) is 5.75 Å². The molecular formula is C36H75Cl3O38P12S. The van der Waals surface area contributed by atoms with Gasteiger partial charge in [-0.15, -0.1) is 0 Å². The van der Waals surface area contributed by atoms with Crippen LogP contribution >= 0.6 is 140 Å². The van der Waals surface area contributed by atoms with E-state index in [2.05, 4.69) is 41.5 Å². The summed E-state index contributed by atoms with van der Waals surface area (Å²) in [4.78, 5) is 167. The van der Waals surface area contributed by atoms with E-state index >= 15 is 0 Å². The SMILES string of the molecule is CC(O)(P(=O)(O)O)P(=O)(O)O.CC(O)(P(=O)(O)O)P(=O)(O)O.CCOP(C)O/C(=C/c1cc(C(C)(C)C)c(O)c(C(C)(C)C)c1)OP(OCC)OCC.O=P(O)(O)C(Cl)(Cl)P(=O)(O)O.O=P(O)(O)C(Sc1ccc(Cl)cc1)P(=O)(O)O.O=P(O)(O)CP(=O)(O)O. The molecule has 534 valence electrons. The molecule has 0 saturated carbocycles. The maximum atomic E-state index is 11.0. The highest BCUT2D eigenvalue weighted by Crippen LogP contribution is 2.74. The van der Waals surface area contributed by atoms with Crippen LogP contribution in [-0.2, 0) is 79.1 Å². The summed E-state index contributed by atoms with van der Waals surface area (Å²) < 4.78 is 126. The quantitative estimate of drug-likeness (QED) is 0.0223. The Kier molecular flexibility index (Phi) is 40.5. The lowest BCUT2D eigenvalue weighted by Gasteiger charge is -2.28. The third kappa shape index (κ3) is 37.2. The van der Waals surface area contributed by atoms with Crippen molar-refractivity contribution in [3.63, 3.8) is 0 Å². The largest absolute Gasteiger partial charge is 0.507 e. The summed E-state index contributed by atoms with van der Waals surface area (Å²) in [6.45, 7) is 22.3. The predicted molar refractivity (Wildman–Crippen MR) is 332 cm³/mol. The molecule has 2 rings (SSSR count).